The molecule has 4 aromatic rings. The Morgan fingerprint density at radius 1 is 0.802 bits per heavy atom. The quantitative estimate of drug-likeness (QED) is 0.0208. The maximum atomic E-state index is 14.5. The lowest BCUT2D eigenvalue weighted by atomic mass is 9.89. The summed E-state index contributed by atoms with van der Waals surface area (Å²) in [6.07, 6.45) is 10.6. The zero-order chi connectivity index (χ0) is 66.0. The Labute approximate surface area is 541 Å². The summed E-state index contributed by atoms with van der Waals surface area (Å²) in [6, 6.07) is 22.6. The van der Waals surface area contributed by atoms with Gasteiger partial charge in [0.1, 0.15) is 23.4 Å². The molecule has 9 unspecified atom stereocenters. The van der Waals surface area contributed by atoms with E-state index in [1.807, 2.05) is 95.9 Å². The van der Waals surface area contributed by atoms with Crippen molar-refractivity contribution in [1.82, 2.24) is 40.5 Å². The first-order valence-electron chi connectivity index (χ1n) is 32.2. The van der Waals surface area contributed by atoms with Crippen molar-refractivity contribution in [3.63, 3.8) is 0 Å². The standard InChI is InChI=1S/C69H98N10O11S/c1-10-47(4)64(58(88-8)44-63(84)78-39-19-23-56(78)65(89-9)48(5)66(85)75-55(68-71-37-41-91-68)42-50-20-14-13-15-21-50)77(7)62(83)43-57(46(2)3)76(6)40-35-49-27-31-53(32-28-49)90-45-51-25-29-52(30-26-51)73-67(86)54(22-18-36-72-69(70)87)74-59(80)24-16-11-12-17-38-79-60(81)33-34-61(79)82/h13-15,20-21,25-34,37,41,46-48,54-58,64-65H,10-12,16-19,22-24,35-36,38-40,42-45H2,1-9H3,(H,73,86)(H,74,80)(H,75,85)(H3,70,72,87). The monoisotopic (exact) mass is 1270 g/mol. The van der Waals surface area contributed by atoms with Gasteiger partial charge in [0.15, 0.2) is 0 Å². The maximum Gasteiger partial charge on any atom is 0.312 e. The van der Waals surface area contributed by atoms with Crippen LogP contribution < -0.4 is 31.7 Å². The molecule has 496 valence electrons. The molecule has 0 radical (unpaired) electrons. The summed E-state index contributed by atoms with van der Waals surface area (Å²) in [6.45, 7) is 12.4. The minimum atomic E-state index is -0.859. The summed E-state index contributed by atoms with van der Waals surface area (Å²) in [7, 11) is 7.12. The second-order valence-electron chi connectivity index (χ2n) is 24.5. The van der Waals surface area contributed by atoms with Gasteiger partial charge in [-0.15, -0.1) is 11.3 Å². The molecule has 0 spiro atoms. The Bertz CT molecular complexity index is 2970. The molecule has 6 rings (SSSR count). The summed E-state index contributed by atoms with van der Waals surface area (Å²) >= 11 is 1.50. The van der Waals surface area contributed by atoms with Crippen molar-refractivity contribution < 1.29 is 52.6 Å². The number of benzene rings is 3. The first-order valence-corrected chi connectivity index (χ1v) is 33.1. The maximum absolute atomic E-state index is 14.5. The fraction of sp³-hybridized carbons (Fsp3) is 0.551. The highest BCUT2D eigenvalue weighted by Gasteiger charge is 2.43. The number of hydrogen-bond donors (Lipinski definition) is 5. The first-order chi connectivity index (χ1) is 43.7. The van der Waals surface area contributed by atoms with Gasteiger partial charge in [-0.25, -0.2) is 9.78 Å². The number of rotatable bonds is 39. The molecule has 91 heavy (non-hydrogen) atoms. The number of ether oxygens (including phenoxy) is 3. The third-order valence-electron chi connectivity index (χ3n) is 17.7. The second-order valence-corrected chi connectivity index (χ2v) is 25.4. The van der Waals surface area contributed by atoms with E-state index in [-0.39, 0.29) is 110 Å². The van der Waals surface area contributed by atoms with E-state index < -0.39 is 36.1 Å². The van der Waals surface area contributed by atoms with Crippen molar-refractivity contribution in [2.75, 3.05) is 59.8 Å². The molecule has 0 aliphatic carbocycles. The van der Waals surface area contributed by atoms with Crippen molar-refractivity contribution >= 4 is 64.4 Å². The molecule has 9 atom stereocenters. The van der Waals surface area contributed by atoms with Crippen molar-refractivity contribution in [3.05, 3.63) is 124 Å². The molecule has 9 amide bonds. The Hall–Kier alpha value is -7.53. The van der Waals surface area contributed by atoms with Crippen molar-refractivity contribution in [2.45, 2.75) is 174 Å². The van der Waals surface area contributed by atoms with E-state index in [1.165, 1.54) is 28.4 Å². The molecular weight excluding hydrogens is 1180 g/mol. The van der Waals surface area contributed by atoms with Crippen LogP contribution in [0.5, 0.6) is 5.75 Å². The molecule has 3 aromatic carbocycles. The minimum Gasteiger partial charge on any atom is -0.489 e. The van der Waals surface area contributed by atoms with Crippen LogP contribution >= 0.6 is 11.3 Å². The number of carbonyl (C=O) groups is 8. The Kier molecular flexibility index (Phi) is 29.6. The molecule has 2 aliphatic rings. The number of imide groups is 1. The zero-order valence-corrected chi connectivity index (χ0v) is 55.6. The van der Waals surface area contributed by atoms with Crippen molar-refractivity contribution in [1.29, 1.82) is 0 Å². The van der Waals surface area contributed by atoms with Crippen LogP contribution in [0.3, 0.4) is 0 Å². The third kappa shape index (κ3) is 22.4. The predicted octanol–water partition coefficient (Wildman–Crippen LogP) is 8.38. The molecule has 6 N–H and O–H groups in total. The number of nitrogens with one attached hydrogen (secondary N) is 4. The number of aromatic nitrogens is 1. The van der Waals surface area contributed by atoms with E-state index in [9.17, 15) is 38.4 Å². The summed E-state index contributed by atoms with van der Waals surface area (Å²) in [5.74, 6) is -1.28. The number of nitrogens with two attached hydrogens (primary N) is 1. The molecule has 0 bridgehead atoms. The van der Waals surface area contributed by atoms with Gasteiger partial charge in [-0.3, -0.25) is 38.5 Å². The number of carbonyl (C=O) groups excluding carboxylic acids is 8. The molecular formula is C69H98N10O11S. The molecule has 1 aromatic heterocycles. The number of likely N-dealkylation sites (N-methyl/N-ethyl adjacent to an activating group) is 2. The Balaban J connectivity index is 0.961. The number of methoxy groups -OCH3 is 2. The third-order valence-corrected chi connectivity index (χ3v) is 18.6. The number of amides is 9. The summed E-state index contributed by atoms with van der Waals surface area (Å²) in [4.78, 5) is 116. The van der Waals surface area contributed by atoms with Crippen LogP contribution in [-0.4, -0.2) is 163 Å². The number of unbranched alkanes of at least 4 members (excludes halogenated alkanes) is 3. The summed E-state index contributed by atoms with van der Waals surface area (Å²) in [5, 5.41) is 14.2. The molecule has 22 heteroatoms. The number of urea groups is 1. The van der Waals surface area contributed by atoms with Crippen LogP contribution in [0.15, 0.2) is 103 Å². The van der Waals surface area contributed by atoms with Gasteiger partial charge < -0.3 is 55.9 Å². The van der Waals surface area contributed by atoms with E-state index >= 15 is 0 Å². The van der Waals surface area contributed by atoms with E-state index in [4.69, 9.17) is 19.9 Å². The largest absolute Gasteiger partial charge is 0.489 e. The number of hydrogen-bond acceptors (Lipinski definition) is 14. The van der Waals surface area contributed by atoms with Crippen LogP contribution in [0.4, 0.5) is 10.5 Å². The number of thiazole rings is 1. The molecule has 3 heterocycles. The number of likely N-dealkylation sites (tertiary alicyclic amines) is 1. The Morgan fingerprint density at radius 2 is 1.49 bits per heavy atom. The SMILES string of the molecule is CCC(C)C(C(CC(=O)N1CCCC1C(OC)C(C)C(=O)NC(Cc1ccccc1)c1nccs1)OC)N(C)C(=O)CC(C(C)C)N(C)CCc1ccc(OCc2ccc(NC(=O)C(CCCNC(N)=O)NC(=O)CCCCCCN3C(=O)C=CC3=O)cc2)cc1. The highest BCUT2D eigenvalue weighted by atomic mass is 32.1. The van der Waals surface area contributed by atoms with E-state index in [2.05, 4.69) is 65.9 Å². The lowest BCUT2D eigenvalue weighted by Gasteiger charge is -2.40. The molecule has 1 saturated heterocycles. The lowest BCUT2D eigenvalue weighted by Crippen LogP contribution is -2.54. The number of nitrogens with zero attached hydrogens (tertiary/aromatic N) is 5. The lowest BCUT2D eigenvalue weighted by molar-refractivity contribution is -0.146. The van der Waals surface area contributed by atoms with E-state index in [0.717, 1.165) is 47.4 Å². The van der Waals surface area contributed by atoms with E-state index in [0.29, 0.717) is 69.6 Å². The van der Waals surface area contributed by atoms with Crippen LogP contribution in [-0.2, 0) is 62.5 Å². The van der Waals surface area contributed by atoms with Gasteiger partial charge >= 0.3 is 6.03 Å². The first kappa shape index (κ1) is 72.5. The Morgan fingerprint density at radius 3 is 2.13 bits per heavy atom. The molecule has 1 fully saturated rings. The van der Waals surface area contributed by atoms with Crippen molar-refractivity contribution in [3.8, 4) is 5.75 Å². The van der Waals surface area contributed by atoms with Crippen LogP contribution in [0, 0.1) is 17.8 Å². The highest BCUT2D eigenvalue weighted by Crippen LogP contribution is 2.31. The smallest absolute Gasteiger partial charge is 0.312 e. The number of anilines is 1. The van der Waals surface area contributed by atoms with E-state index in [1.54, 1.807) is 32.5 Å². The average Bonchev–Trinajstić information content (AvgIpc) is 2.42. The van der Waals surface area contributed by atoms with Gasteiger partial charge in [0.05, 0.1) is 42.7 Å². The van der Waals surface area contributed by atoms with Gasteiger partial charge in [0, 0.05) is 95.7 Å². The second kappa shape index (κ2) is 37.1. The fourth-order valence-electron chi connectivity index (χ4n) is 12.2. The topological polar surface area (TPSA) is 264 Å². The summed E-state index contributed by atoms with van der Waals surface area (Å²) in [5.41, 5.74) is 8.83. The highest BCUT2D eigenvalue weighted by molar-refractivity contribution is 7.09. The van der Waals surface area contributed by atoms with Gasteiger partial charge in [-0.05, 0) is 111 Å². The van der Waals surface area contributed by atoms with Crippen LogP contribution in [0.2, 0.25) is 0 Å². The minimum absolute atomic E-state index is 0.0184. The van der Waals surface area contributed by atoms with Gasteiger partial charge in [0.2, 0.25) is 29.5 Å². The van der Waals surface area contributed by atoms with Crippen LogP contribution in [0.1, 0.15) is 139 Å². The molecule has 0 saturated carbocycles. The molecule has 21 nitrogen and oxygen atoms in total. The molecule has 2 aliphatic heterocycles. The fourth-order valence-corrected chi connectivity index (χ4v) is 12.9. The zero-order valence-electron chi connectivity index (χ0n) is 54.7. The van der Waals surface area contributed by atoms with Gasteiger partial charge in [0.25, 0.3) is 11.8 Å². The van der Waals surface area contributed by atoms with Gasteiger partial charge in [-0.1, -0.05) is 108 Å². The number of primary amides is 1. The van der Waals surface area contributed by atoms with Crippen molar-refractivity contribution in [2.24, 2.45) is 23.5 Å². The predicted molar refractivity (Wildman–Crippen MR) is 352 cm³/mol. The van der Waals surface area contributed by atoms with Gasteiger partial charge in [-0.2, -0.15) is 0 Å². The normalized spacial score (nSPS) is 16.6. The summed E-state index contributed by atoms with van der Waals surface area (Å²) < 4.78 is 18.4. The average molecular weight is 1280 g/mol. The van der Waals surface area contributed by atoms with Crippen LogP contribution in [0.25, 0.3) is 0 Å².